The quantitative estimate of drug-likeness (QED) is 0.731. The van der Waals surface area contributed by atoms with E-state index in [9.17, 15) is 14.7 Å². The van der Waals surface area contributed by atoms with Crippen LogP contribution in [0, 0.1) is 6.92 Å². The van der Waals surface area contributed by atoms with E-state index in [1.54, 1.807) is 0 Å². The van der Waals surface area contributed by atoms with Crippen LogP contribution < -0.4 is 10.6 Å². The second kappa shape index (κ2) is 7.35. The molecule has 0 aromatic carbocycles. The summed E-state index contributed by atoms with van der Waals surface area (Å²) in [5, 5.41) is 18.7. The van der Waals surface area contributed by atoms with Gasteiger partial charge in [0.15, 0.2) is 0 Å². The number of amides is 2. The lowest BCUT2D eigenvalue weighted by Crippen LogP contribution is -2.41. The SMILES string of the molecule is Cc1ccsc1[C@@H](O)CNC(=O)C(=O)NCc1cccs1. The van der Waals surface area contributed by atoms with Gasteiger partial charge in [-0.15, -0.1) is 22.7 Å². The predicted octanol–water partition coefficient (Wildman–Crippen LogP) is 1.58. The Morgan fingerprint density at radius 2 is 1.95 bits per heavy atom. The molecular weight excluding hydrogens is 308 g/mol. The number of carbonyl (C=O) groups is 2. The van der Waals surface area contributed by atoms with Gasteiger partial charge in [-0.3, -0.25) is 9.59 Å². The third-order valence-corrected chi connectivity index (χ3v) is 4.87. The topological polar surface area (TPSA) is 78.4 Å². The van der Waals surface area contributed by atoms with E-state index < -0.39 is 17.9 Å². The van der Waals surface area contributed by atoms with Gasteiger partial charge in [-0.2, -0.15) is 0 Å². The number of hydrogen-bond acceptors (Lipinski definition) is 5. The number of rotatable bonds is 5. The molecule has 2 aromatic heterocycles. The number of nitrogens with one attached hydrogen (secondary N) is 2. The zero-order valence-electron chi connectivity index (χ0n) is 11.5. The number of carbonyl (C=O) groups excluding carboxylic acids is 2. The maximum absolute atomic E-state index is 11.6. The van der Waals surface area contributed by atoms with Crippen molar-refractivity contribution in [2.75, 3.05) is 6.54 Å². The minimum absolute atomic E-state index is 0.0204. The van der Waals surface area contributed by atoms with Gasteiger partial charge in [0.1, 0.15) is 6.10 Å². The fraction of sp³-hybridized carbons (Fsp3) is 0.286. The standard InChI is InChI=1S/C14H16N2O3S2/c1-9-4-6-21-12(9)11(17)8-16-14(19)13(18)15-7-10-3-2-5-20-10/h2-6,11,17H,7-8H2,1H3,(H,15,18)(H,16,19)/t11-/m0/s1. The summed E-state index contributed by atoms with van der Waals surface area (Å²) in [6.45, 7) is 2.24. The Hall–Kier alpha value is -1.70. The zero-order valence-corrected chi connectivity index (χ0v) is 13.1. The van der Waals surface area contributed by atoms with Crippen molar-refractivity contribution in [2.45, 2.75) is 19.6 Å². The fourth-order valence-electron chi connectivity index (χ4n) is 1.75. The van der Waals surface area contributed by atoms with Gasteiger partial charge in [0.05, 0.1) is 6.54 Å². The molecule has 112 valence electrons. The van der Waals surface area contributed by atoms with Crippen molar-refractivity contribution in [2.24, 2.45) is 0 Å². The van der Waals surface area contributed by atoms with Gasteiger partial charge >= 0.3 is 11.8 Å². The number of thiophene rings is 2. The van der Waals surface area contributed by atoms with Crippen LogP contribution in [-0.4, -0.2) is 23.5 Å². The molecule has 0 spiro atoms. The van der Waals surface area contributed by atoms with Gasteiger partial charge in [-0.05, 0) is 35.4 Å². The summed E-state index contributed by atoms with van der Waals surface area (Å²) >= 11 is 2.94. The molecule has 21 heavy (non-hydrogen) atoms. The molecule has 2 rings (SSSR count). The van der Waals surface area contributed by atoms with Crippen LogP contribution in [0.4, 0.5) is 0 Å². The molecule has 0 saturated heterocycles. The Morgan fingerprint density at radius 1 is 1.19 bits per heavy atom. The van der Waals surface area contributed by atoms with Crippen LogP contribution in [0.15, 0.2) is 29.0 Å². The average molecular weight is 324 g/mol. The van der Waals surface area contributed by atoms with Crippen LogP contribution in [-0.2, 0) is 16.1 Å². The Labute approximate surface area is 130 Å². The lowest BCUT2D eigenvalue weighted by molar-refractivity contribution is -0.139. The first-order chi connectivity index (χ1) is 10.1. The third kappa shape index (κ3) is 4.38. The Kier molecular flexibility index (Phi) is 5.49. The van der Waals surface area contributed by atoms with Crippen LogP contribution in [0.3, 0.4) is 0 Å². The van der Waals surface area contributed by atoms with Crippen molar-refractivity contribution >= 4 is 34.5 Å². The van der Waals surface area contributed by atoms with E-state index in [1.165, 1.54) is 22.7 Å². The van der Waals surface area contributed by atoms with Gasteiger partial charge in [0.25, 0.3) is 0 Å². The lowest BCUT2D eigenvalue weighted by atomic mass is 10.2. The van der Waals surface area contributed by atoms with E-state index in [-0.39, 0.29) is 6.54 Å². The minimum Gasteiger partial charge on any atom is -0.386 e. The molecule has 5 nitrogen and oxygen atoms in total. The molecule has 0 unspecified atom stereocenters. The van der Waals surface area contributed by atoms with Crippen molar-refractivity contribution < 1.29 is 14.7 Å². The Balaban J connectivity index is 1.76. The molecule has 0 aliphatic heterocycles. The van der Waals surface area contributed by atoms with Gasteiger partial charge in [0.2, 0.25) is 0 Å². The first kappa shape index (κ1) is 15.7. The highest BCUT2D eigenvalue weighted by Gasteiger charge is 2.17. The highest BCUT2D eigenvalue weighted by Crippen LogP contribution is 2.22. The second-order valence-electron chi connectivity index (χ2n) is 4.46. The molecule has 0 radical (unpaired) electrons. The summed E-state index contributed by atoms with van der Waals surface area (Å²) in [7, 11) is 0. The lowest BCUT2D eigenvalue weighted by Gasteiger charge is -2.11. The molecule has 2 heterocycles. The highest BCUT2D eigenvalue weighted by atomic mass is 32.1. The predicted molar refractivity (Wildman–Crippen MR) is 83.2 cm³/mol. The highest BCUT2D eigenvalue weighted by molar-refractivity contribution is 7.10. The van der Waals surface area contributed by atoms with Crippen molar-refractivity contribution in [3.8, 4) is 0 Å². The fourth-order valence-corrected chi connectivity index (χ4v) is 3.31. The number of aliphatic hydroxyl groups excluding tert-OH is 1. The van der Waals surface area contributed by atoms with Crippen LogP contribution in [0.25, 0.3) is 0 Å². The van der Waals surface area contributed by atoms with E-state index in [0.717, 1.165) is 15.3 Å². The monoisotopic (exact) mass is 324 g/mol. The number of hydrogen-bond donors (Lipinski definition) is 3. The summed E-state index contributed by atoms with van der Waals surface area (Å²) in [5.74, 6) is -1.43. The van der Waals surface area contributed by atoms with Crippen LogP contribution in [0.1, 0.15) is 21.4 Å². The Morgan fingerprint density at radius 3 is 2.57 bits per heavy atom. The number of aliphatic hydroxyl groups is 1. The molecule has 0 saturated carbocycles. The average Bonchev–Trinajstić information content (AvgIpc) is 3.12. The van der Waals surface area contributed by atoms with Crippen molar-refractivity contribution in [1.29, 1.82) is 0 Å². The smallest absolute Gasteiger partial charge is 0.309 e. The van der Waals surface area contributed by atoms with E-state index in [0.29, 0.717) is 6.54 Å². The first-order valence-corrected chi connectivity index (χ1v) is 8.14. The summed E-state index contributed by atoms with van der Waals surface area (Å²) in [5.41, 5.74) is 0.976. The molecule has 1 atom stereocenters. The van der Waals surface area contributed by atoms with E-state index >= 15 is 0 Å². The summed E-state index contributed by atoms with van der Waals surface area (Å²) in [6, 6.07) is 5.66. The van der Waals surface area contributed by atoms with Crippen LogP contribution in [0.2, 0.25) is 0 Å². The number of aryl methyl sites for hydroxylation is 1. The molecule has 0 aliphatic carbocycles. The molecule has 2 amide bonds. The van der Waals surface area contributed by atoms with E-state index in [2.05, 4.69) is 10.6 Å². The molecule has 7 heteroatoms. The largest absolute Gasteiger partial charge is 0.386 e. The molecule has 0 fully saturated rings. The maximum Gasteiger partial charge on any atom is 0.309 e. The molecule has 2 aromatic rings. The van der Waals surface area contributed by atoms with Crippen molar-refractivity contribution in [1.82, 2.24) is 10.6 Å². The zero-order chi connectivity index (χ0) is 15.2. The first-order valence-electron chi connectivity index (χ1n) is 6.38. The second-order valence-corrected chi connectivity index (χ2v) is 6.44. The van der Waals surface area contributed by atoms with Gasteiger partial charge < -0.3 is 15.7 Å². The molecule has 0 bridgehead atoms. The summed E-state index contributed by atoms with van der Waals surface area (Å²) in [6.07, 6.45) is -0.793. The molecule has 3 N–H and O–H groups in total. The minimum atomic E-state index is -0.793. The van der Waals surface area contributed by atoms with Gasteiger partial charge in [-0.1, -0.05) is 6.07 Å². The summed E-state index contributed by atoms with van der Waals surface area (Å²) in [4.78, 5) is 25.0. The Bertz CT molecular complexity index is 608. The van der Waals surface area contributed by atoms with E-state index in [4.69, 9.17) is 0 Å². The van der Waals surface area contributed by atoms with Gasteiger partial charge in [-0.25, -0.2) is 0 Å². The molecular formula is C14H16N2O3S2. The van der Waals surface area contributed by atoms with Crippen molar-refractivity contribution in [3.05, 3.63) is 44.3 Å². The van der Waals surface area contributed by atoms with Gasteiger partial charge in [0, 0.05) is 16.3 Å². The van der Waals surface area contributed by atoms with Crippen LogP contribution >= 0.6 is 22.7 Å². The maximum atomic E-state index is 11.6. The normalized spacial score (nSPS) is 11.9. The van der Waals surface area contributed by atoms with Crippen LogP contribution in [0.5, 0.6) is 0 Å². The van der Waals surface area contributed by atoms with Crippen molar-refractivity contribution in [3.63, 3.8) is 0 Å². The third-order valence-electron chi connectivity index (χ3n) is 2.87. The summed E-state index contributed by atoms with van der Waals surface area (Å²) < 4.78 is 0. The van der Waals surface area contributed by atoms with E-state index in [1.807, 2.05) is 35.9 Å². The molecule has 0 aliphatic rings.